The van der Waals surface area contributed by atoms with Crippen molar-refractivity contribution < 1.29 is 9.53 Å². The topological polar surface area (TPSA) is 57.7 Å². The number of pyridine rings is 1. The molecule has 0 radical (unpaired) electrons. The second kappa shape index (κ2) is 8.19. The summed E-state index contributed by atoms with van der Waals surface area (Å²) >= 11 is 0. The van der Waals surface area contributed by atoms with Gasteiger partial charge in [-0.2, -0.15) is 0 Å². The van der Waals surface area contributed by atoms with Crippen molar-refractivity contribution in [2.75, 3.05) is 31.5 Å². The molecule has 2 aliphatic heterocycles. The van der Waals surface area contributed by atoms with Crippen LogP contribution in [0.2, 0.25) is 0 Å². The number of hydrogen-bond acceptors (Lipinski definition) is 4. The van der Waals surface area contributed by atoms with Gasteiger partial charge in [0, 0.05) is 38.9 Å². The first-order valence-corrected chi connectivity index (χ1v) is 10.0. The molecule has 2 fully saturated rings. The van der Waals surface area contributed by atoms with Crippen molar-refractivity contribution in [2.24, 2.45) is 11.8 Å². The van der Waals surface area contributed by atoms with Gasteiger partial charge in [0.05, 0.1) is 6.10 Å². The van der Waals surface area contributed by atoms with Gasteiger partial charge in [-0.3, -0.25) is 4.90 Å². The minimum absolute atomic E-state index is 0.00675. The van der Waals surface area contributed by atoms with Crippen molar-refractivity contribution in [3.8, 4) is 5.88 Å². The second-order valence-corrected chi connectivity index (χ2v) is 8.06. The Balaban J connectivity index is 1.32. The Kier molecular flexibility index (Phi) is 5.48. The molecule has 2 aromatic rings. The van der Waals surface area contributed by atoms with Gasteiger partial charge in [-0.1, -0.05) is 30.3 Å². The van der Waals surface area contributed by atoms with Crippen LogP contribution in [0.1, 0.15) is 19.4 Å². The Morgan fingerprint density at radius 3 is 2.50 bits per heavy atom. The molecular formula is C22H28N4O2. The van der Waals surface area contributed by atoms with Crippen LogP contribution in [-0.2, 0) is 6.54 Å². The molecular weight excluding hydrogens is 352 g/mol. The molecule has 2 aliphatic rings. The second-order valence-electron chi connectivity index (χ2n) is 8.06. The number of hydrogen-bond donors (Lipinski definition) is 1. The van der Waals surface area contributed by atoms with Crippen molar-refractivity contribution in [3.05, 3.63) is 54.2 Å². The van der Waals surface area contributed by atoms with Crippen LogP contribution in [0.5, 0.6) is 5.88 Å². The minimum Gasteiger partial charge on any atom is -0.473 e. The van der Waals surface area contributed by atoms with Crippen molar-refractivity contribution >= 4 is 11.7 Å². The number of ether oxygens (including phenoxy) is 1. The molecule has 0 aliphatic carbocycles. The van der Waals surface area contributed by atoms with Gasteiger partial charge in [0.15, 0.2) is 0 Å². The summed E-state index contributed by atoms with van der Waals surface area (Å²) in [6, 6.07) is 14.2. The lowest BCUT2D eigenvalue weighted by molar-refractivity contribution is 0.210. The Morgan fingerprint density at radius 2 is 1.82 bits per heavy atom. The summed E-state index contributed by atoms with van der Waals surface area (Å²) in [6.07, 6.45) is 1.68. The number of rotatable bonds is 5. The van der Waals surface area contributed by atoms with E-state index in [0.717, 1.165) is 32.7 Å². The monoisotopic (exact) mass is 380 g/mol. The smallest absolute Gasteiger partial charge is 0.322 e. The standard InChI is InChI=1S/C22H28N4O2/c1-16(2)28-21-20(9-6-10-23-21)24-22(27)26-14-18-12-25(13-19(18)15-26)11-17-7-4-3-5-8-17/h3-10,16,18-19H,11-15H2,1-2H3,(H,24,27)/t18-,19+. The summed E-state index contributed by atoms with van der Waals surface area (Å²) in [5.41, 5.74) is 1.98. The van der Waals surface area contributed by atoms with Gasteiger partial charge in [0.2, 0.25) is 5.88 Å². The average molecular weight is 380 g/mol. The predicted octanol–water partition coefficient (Wildman–Crippen LogP) is 3.46. The summed E-state index contributed by atoms with van der Waals surface area (Å²) in [7, 11) is 0. The number of likely N-dealkylation sites (tertiary alicyclic amines) is 2. The van der Waals surface area contributed by atoms with E-state index >= 15 is 0 Å². The van der Waals surface area contributed by atoms with E-state index in [1.807, 2.05) is 30.9 Å². The highest BCUT2D eigenvalue weighted by Crippen LogP contribution is 2.32. The van der Waals surface area contributed by atoms with Crippen molar-refractivity contribution in [1.29, 1.82) is 0 Å². The highest BCUT2D eigenvalue weighted by atomic mass is 16.5. The lowest BCUT2D eigenvalue weighted by atomic mass is 10.0. The first-order valence-electron chi connectivity index (χ1n) is 10.0. The molecule has 1 aromatic carbocycles. The normalized spacial score (nSPS) is 21.8. The molecule has 0 spiro atoms. The van der Waals surface area contributed by atoms with Gasteiger partial charge >= 0.3 is 6.03 Å². The van der Waals surface area contributed by atoms with Crippen molar-refractivity contribution in [2.45, 2.75) is 26.5 Å². The number of nitrogens with one attached hydrogen (secondary N) is 1. The summed E-state index contributed by atoms with van der Waals surface area (Å²) < 4.78 is 5.70. The molecule has 1 N–H and O–H groups in total. The Morgan fingerprint density at radius 1 is 1.11 bits per heavy atom. The van der Waals surface area contributed by atoms with E-state index in [1.54, 1.807) is 6.20 Å². The van der Waals surface area contributed by atoms with Crippen molar-refractivity contribution in [1.82, 2.24) is 14.8 Å². The first kappa shape index (κ1) is 18.7. The molecule has 148 valence electrons. The van der Waals surface area contributed by atoms with Gasteiger partial charge in [-0.15, -0.1) is 0 Å². The largest absolute Gasteiger partial charge is 0.473 e. The average Bonchev–Trinajstić information content (AvgIpc) is 3.22. The maximum absolute atomic E-state index is 12.8. The van der Waals surface area contributed by atoms with Gasteiger partial charge in [0.25, 0.3) is 0 Å². The maximum atomic E-state index is 12.8. The number of fused-ring (bicyclic) bond motifs is 1. The SMILES string of the molecule is CC(C)Oc1ncccc1NC(=O)N1C[C@H]2CN(Cc3ccccc3)C[C@H]2C1. The van der Waals surface area contributed by atoms with E-state index < -0.39 is 0 Å². The molecule has 2 amide bonds. The molecule has 4 rings (SSSR count). The van der Waals surface area contributed by atoms with E-state index in [9.17, 15) is 4.79 Å². The van der Waals surface area contributed by atoms with Crippen molar-refractivity contribution in [3.63, 3.8) is 0 Å². The Labute approximate surface area is 166 Å². The van der Waals surface area contributed by atoms with Crippen LogP contribution in [-0.4, -0.2) is 53.1 Å². The van der Waals surface area contributed by atoms with Gasteiger partial charge in [-0.05, 0) is 43.4 Å². The zero-order valence-electron chi connectivity index (χ0n) is 16.5. The number of carbonyl (C=O) groups excluding carboxylic acids is 1. The molecule has 0 saturated carbocycles. The van der Waals surface area contributed by atoms with E-state index in [-0.39, 0.29) is 12.1 Å². The van der Waals surface area contributed by atoms with E-state index in [1.165, 1.54) is 5.56 Å². The number of benzene rings is 1. The number of nitrogens with zero attached hydrogens (tertiary/aromatic N) is 3. The molecule has 3 heterocycles. The first-order chi connectivity index (χ1) is 13.6. The molecule has 1 aromatic heterocycles. The van der Waals surface area contributed by atoms with Crippen LogP contribution < -0.4 is 10.1 Å². The summed E-state index contributed by atoms with van der Waals surface area (Å²) in [4.78, 5) is 21.5. The maximum Gasteiger partial charge on any atom is 0.322 e. The Hall–Kier alpha value is -2.60. The molecule has 6 heteroatoms. The number of urea groups is 1. The quantitative estimate of drug-likeness (QED) is 0.863. The third kappa shape index (κ3) is 4.28. The fourth-order valence-corrected chi connectivity index (χ4v) is 4.22. The lowest BCUT2D eigenvalue weighted by Gasteiger charge is -2.22. The van der Waals surface area contributed by atoms with E-state index in [4.69, 9.17) is 4.74 Å². The lowest BCUT2D eigenvalue weighted by Crippen LogP contribution is -2.36. The zero-order valence-corrected chi connectivity index (χ0v) is 16.5. The molecule has 28 heavy (non-hydrogen) atoms. The van der Waals surface area contributed by atoms with Crippen LogP contribution in [0.25, 0.3) is 0 Å². The Bertz CT molecular complexity index is 797. The van der Waals surface area contributed by atoms with Crippen LogP contribution in [0.15, 0.2) is 48.7 Å². The zero-order chi connectivity index (χ0) is 19.5. The number of amides is 2. The molecule has 0 bridgehead atoms. The fraction of sp³-hybridized carbons (Fsp3) is 0.455. The minimum atomic E-state index is -0.0642. The highest BCUT2D eigenvalue weighted by Gasteiger charge is 2.41. The highest BCUT2D eigenvalue weighted by molar-refractivity contribution is 5.90. The number of aromatic nitrogens is 1. The number of carbonyl (C=O) groups is 1. The molecule has 0 unspecified atom stereocenters. The molecule has 6 nitrogen and oxygen atoms in total. The fourth-order valence-electron chi connectivity index (χ4n) is 4.22. The van der Waals surface area contributed by atoms with Gasteiger partial charge in [0.1, 0.15) is 5.69 Å². The third-order valence-corrected chi connectivity index (χ3v) is 5.46. The summed E-state index contributed by atoms with van der Waals surface area (Å²) in [6.45, 7) is 8.61. The number of anilines is 1. The van der Waals surface area contributed by atoms with E-state index in [2.05, 4.69) is 45.5 Å². The molecule has 2 atom stereocenters. The third-order valence-electron chi connectivity index (χ3n) is 5.46. The van der Waals surface area contributed by atoms with Crippen LogP contribution in [0.3, 0.4) is 0 Å². The van der Waals surface area contributed by atoms with E-state index in [0.29, 0.717) is 23.4 Å². The van der Waals surface area contributed by atoms with Crippen LogP contribution in [0, 0.1) is 11.8 Å². The van der Waals surface area contributed by atoms with Gasteiger partial charge in [-0.25, -0.2) is 9.78 Å². The van der Waals surface area contributed by atoms with Crippen LogP contribution >= 0.6 is 0 Å². The summed E-state index contributed by atoms with van der Waals surface area (Å²) in [5, 5.41) is 2.98. The summed E-state index contributed by atoms with van der Waals surface area (Å²) in [5.74, 6) is 1.57. The molecule has 2 saturated heterocycles. The van der Waals surface area contributed by atoms with Gasteiger partial charge < -0.3 is 15.0 Å². The van der Waals surface area contributed by atoms with Crippen LogP contribution in [0.4, 0.5) is 10.5 Å². The predicted molar refractivity (Wildman–Crippen MR) is 109 cm³/mol.